The molecule has 2 aromatic rings. The number of furan rings is 1. The molecule has 0 bridgehead atoms. The molecule has 0 spiro atoms. The number of carbonyl (C=O) groups is 1. The molecule has 1 atom stereocenters. The first-order chi connectivity index (χ1) is 9.56. The quantitative estimate of drug-likeness (QED) is 0.843. The minimum Gasteiger partial charge on any atom is -0.478 e. The first kappa shape index (κ1) is 14.5. The number of hydrogen-bond donors (Lipinski definition) is 2. The predicted octanol–water partition coefficient (Wildman–Crippen LogP) is 4.06. The highest BCUT2D eigenvalue weighted by Gasteiger charge is 2.10. The van der Waals surface area contributed by atoms with E-state index in [0.717, 1.165) is 24.3 Å². The van der Waals surface area contributed by atoms with Gasteiger partial charge in [0.25, 0.3) is 0 Å². The molecule has 2 rings (SSSR count). The topological polar surface area (TPSA) is 62.5 Å². The van der Waals surface area contributed by atoms with Crippen LogP contribution in [0, 0.1) is 0 Å². The molecule has 2 N–H and O–H groups in total. The Balaban J connectivity index is 1.92. The molecule has 0 aliphatic rings. The molecule has 0 fully saturated rings. The van der Waals surface area contributed by atoms with Crippen LogP contribution in [0.1, 0.15) is 29.5 Å². The lowest BCUT2D eigenvalue weighted by atomic mass is 10.1. The number of nitrogens with one attached hydrogen (secondary N) is 1. The van der Waals surface area contributed by atoms with E-state index in [9.17, 15) is 4.79 Å². The summed E-state index contributed by atoms with van der Waals surface area (Å²) < 4.78 is 5.28. The Hall–Kier alpha value is -1.94. The maximum Gasteiger partial charge on any atom is 0.337 e. The van der Waals surface area contributed by atoms with E-state index in [0.29, 0.717) is 0 Å². The third kappa shape index (κ3) is 3.78. The van der Waals surface area contributed by atoms with Crippen molar-refractivity contribution in [3.8, 4) is 0 Å². The molecule has 1 aromatic carbocycles. The Bertz CT molecular complexity index is 581. The number of carboxylic acids is 1. The summed E-state index contributed by atoms with van der Waals surface area (Å²) in [4.78, 5) is 10.9. The zero-order valence-corrected chi connectivity index (χ0v) is 11.9. The van der Waals surface area contributed by atoms with Crippen molar-refractivity contribution in [3.63, 3.8) is 0 Å². The first-order valence-electron chi connectivity index (χ1n) is 6.38. The van der Waals surface area contributed by atoms with E-state index in [-0.39, 0.29) is 16.6 Å². The van der Waals surface area contributed by atoms with Gasteiger partial charge in [-0.05, 0) is 43.7 Å². The molecule has 106 valence electrons. The number of aryl methyl sites for hydroxylation is 1. The third-order valence-electron chi connectivity index (χ3n) is 3.02. The third-order valence-corrected chi connectivity index (χ3v) is 3.33. The van der Waals surface area contributed by atoms with E-state index in [4.69, 9.17) is 21.1 Å². The number of aromatic carboxylic acids is 1. The normalized spacial score (nSPS) is 12.1. The number of hydrogen-bond acceptors (Lipinski definition) is 3. The fourth-order valence-corrected chi connectivity index (χ4v) is 2.21. The van der Waals surface area contributed by atoms with E-state index in [2.05, 4.69) is 12.2 Å². The molecule has 0 radical (unpaired) electrons. The van der Waals surface area contributed by atoms with Gasteiger partial charge >= 0.3 is 5.97 Å². The van der Waals surface area contributed by atoms with Crippen LogP contribution in [0.25, 0.3) is 0 Å². The maximum absolute atomic E-state index is 10.9. The summed E-state index contributed by atoms with van der Waals surface area (Å²) in [6, 6.07) is 8.91. The molecule has 0 saturated carbocycles. The van der Waals surface area contributed by atoms with E-state index in [1.807, 2.05) is 12.1 Å². The van der Waals surface area contributed by atoms with Crippen molar-refractivity contribution in [2.75, 3.05) is 5.32 Å². The highest BCUT2D eigenvalue weighted by molar-refractivity contribution is 6.33. The second-order valence-electron chi connectivity index (χ2n) is 4.66. The molecule has 0 saturated heterocycles. The molecule has 1 unspecified atom stereocenters. The Morgan fingerprint density at radius 3 is 2.85 bits per heavy atom. The highest BCUT2D eigenvalue weighted by atomic mass is 35.5. The highest BCUT2D eigenvalue weighted by Crippen LogP contribution is 2.22. The van der Waals surface area contributed by atoms with Crippen molar-refractivity contribution in [2.24, 2.45) is 0 Å². The van der Waals surface area contributed by atoms with Gasteiger partial charge in [0.2, 0.25) is 0 Å². The number of benzene rings is 1. The van der Waals surface area contributed by atoms with Crippen LogP contribution in [0.5, 0.6) is 0 Å². The summed E-state index contributed by atoms with van der Waals surface area (Å²) in [5.74, 6) is -0.0645. The van der Waals surface area contributed by atoms with Crippen molar-refractivity contribution in [1.29, 1.82) is 0 Å². The summed E-state index contributed by atoms with van der Waals surface area (Å²) in [5, 5.41) is 12.4. The van der Waals surface area contributed by atoms with Crippen LogP contribution in [-0.4, -0.2) is 17.1 Å². The maximum atomic E-state index is 10.9. The summed E-state index contributed by atoms with van der Waals surface area (Å²) in [6.45, 7) is 2.06. The molecule has 0 aliphatic carbocycles. The zero-order chi connectivity index (χ0) is 14.5. The van der Waals surface area contributed by atoms with Gasteiger partial charge in [0.05, 0.1) is 16.8 Å². The van der Waals surface area contributed by atoms with Crippen LogP contribution < -0.4 is 5.32 Å². The van der Waals surface area contributed by atoms with Crippen molar-refractivity contribution >= 4 is 23.3 Å². The molecule has 0 amide bonds. The van der Waals surface area contributed by atoms with Gasteiger partial charge in [-0.25, -0.2) is 4.79 Å². The van der Waals surface area contributed by atoms with E-state index in [1.54, 1.807) is 18.4 Å². The predicted molar refractivity (Wildman–Crippen MR) is 78.5 cm³/mol. The van der Waals surface area contributed by atoms with Crippen LogP contribution in [0.15, 0.2) is 41.0 Å². The Morgan fingerprint density at radius 1 is 1.45 bits per heavy atom. The van der Waals surface area contributed by atoms with Crippen LogP contribution in [0.2, 0.25) is 5.02 Å². The lowest BCUT2D eigenvalue weighted by molar-refractivity contribution is 0.0697. The fraction of sp³-hybridized carbons (Fsp3) is 0.267. The number of anilines is 1. The van der Waals surface area contributed by atoms with Crippen molar-refractivity contribution in [2.45, 2.75) is 25.8 Å². The van der Waals surface area contributed by atoms with Crippen molar-refractivity contribution in [1.82, 2.24) is 0 Å². The van der Waals surface area contributed by atoms with Gasteiger partial charge in [0.1, 0.15) is 5.76 Å². The number of rotatable bonds is 6. The lowest BCUT2D eigenvalue weighted by Gasteiger charge is -2.15. The average molecular weight is 294 g/mol. The van der Waals surface area contributed by atoms with Gasteiger partial charge in [-0.2, -0.15) is 0 Å². The van der Waals surface area contributed by atoms with E-state index >= 15 is 0 Å². The summed E-state index contributed by atoms with van der Waals surface area (Å²) in [5.41, 5.74) is 0.924. The second kappa shape index (κ2) is 6.48. The van der Waals surface area contributed by atoms with Gasteiger partial charge in [-0.1, -0.05) is 11.6 Å². The fourth-order valence-electron chi connectivity index (χ4n) is 1.95. The van der Waals surface area contributed by atoms with Crippen LogP contribution in [0.4, 0.5) is 5.69 Å². The average Bonchev–Trinajstić information content (AvgIpc) is 2.89. The molecule has 0 aliphatic heterocycles. The van der Waals surface area contributed by atoms with Gasteiger partial charge in [-0.15, -0.1) is 0 Å². The Kier molecular flexibility index (Phi) is 4.69. The number of halogens is 1. The molecule has 4 nitrogen and oxygen atoms in total. The largest absolute Gasteiger partial charge is 0.478 e. The standard InChI is InChI=1S/C15H16ClNO3/c1-10(4-6-12-3-2-8-20-12)17-11-5-7-13(15(18)19)14(16)9-11/h2-3,5,7-10,17H,4,6H2,1H3,(H,18,19). The summed E-state index contributed by atoms with van der Waals surface area (Å²) in [6.07, 6.45) is 3.42. The Morgan fingerprint density at radius 2 is 2.25 bits per heavy atom. The first-order valence-corrected chi connectivity index (χ1v) is 6.76. The monoisotopic (exact) mass is 293 g/mol. The van der Waals surface area contributed by atoms with Gasteiger partial charge < -0.3 is 14.8 Å². The van der Waals surface area contributed by atoms with Crippen molar-refractivity contribution in [3.05, 3.63) is 52.9 Å². The van der Waals surface area contributed by atoms with Crippen LogP contribution in [0.3, 0.4) is 0 Å². The smallest absolute Gasteiger partial charge is 0.337 e. The lowest BCUT2D eigenvalue weighted by Crippen LogP contribution is -2.16. The molecular weight excluding hydrogens is 278 g/mol. The molecule has 20 heavy (non-hydrogen) atoms. The minimum atomic E-state index is -1.02. The van der Waals surface area contributed by atoms with Gasteiger partial charge in [-0.3, -0.25) is 0 Å². The Labute approximate surface area is 122 Å². The summed E-state index contributed by atoms with van der Waals surface area (Å²) in [7, 11) is 0. The zero-order valence-electron chi connectivity index (χ0n) is 11.1. The molecule has 1 aromatic heterocycles. The second-order valence-corrected chi connectivity index (χ2v) is 5.07. The summed E-state index contributed by atoms with van der Waals surface area (Å²) >= 11 is 5.93. The van der Waals surface area contributed by atoms with Crippen LogP contribution in [-0.2, 0) is 6.42 Å². The molecule has 1 heterocycles. The van der Waals surface area contributed by atoms with E-state index < -0.39 is 5.97 Å². The van der Waals surface area contributed by atoms with Crippen LogP contribution >= 0.6 is 11.6 Å². The van der Waals surface area contributed by atoms with Gasteiger partial charge in [0.15, 0.2) is 0 Å². The SMILES string of the molecule is CC(CCc1ccco1)Nc1ccc(C(=O)O)c(Cl)c1. The molecular formula is C15H16ClNO3. The van der Waals surface area contributed by atoms with Gasteiger partial charge in [0, 0.05) is 18.2 Å². The van der Waals surface area contributed by atoms with E-state index in [1.165, 1.54) is 6.07 Å². The molecule has 5 heteroatoms. The minimum absolute atomic E-state index is 0.112. The van der Waals surface area contributed by atoms with Crippen molar-refractivity contribution < 1.29 is 14.3 Å². The number of carboxylic acid groups (broad SMARTS) is 1.